The monoisotopic (exact) mass is 342 g/mol. The predicted molar refractivity (Wildman–Crippen MR) is 82.5 cm³/mol. The fourth-order valence-corrected chi connectivity index (χ4v) is 3.32. The molecule has 0 aliphatic heterocycles. The minimum atomic E-state index is -0.236. The van der Waals surface area contributed by atoms with Crippen LogP contribution in [0, 0.1) is 26.6 Å². The molecule has 2 nitrogen and oxygen atoms in total. The van der Waals surface area contributed by atoms with Crippen molar-refractivity contribution in [2.75, 3.05) is 5.32 Å². The van der Waals surface area contributed by atoms with E-state index in [4.69, 9.17) is 0 Å². The lowest BCUT2D eigenvalue weighted by molar-refractivity contribution is 0.620. The zero-order valence-electron chi connectivity index (χ0n) is 11.3. The number of rotatable bonds is 3. The normalized spacial score (nSPS) is 12.5. The maximum Gasteiger partial charge on any atom is 0.137 e. The molecule has 102 valence electrons. The number of halogens is 2. The lowest BCUT2D eigenvalue weighted by Crippen LogP contribution is -2.07. The van der Waals surface area contributed by atoms with E-state index in [0.29, 0.717) is 4.47 Å². The molecule has 0 amide bonds. The third kappa shape index (κ3) is 3.15. The van der Waals surface area contributed by atoms with Crippen LogP contribution < -0.4 is 5.32 Å². The van der Waals surface area contributed by atoms with Crippen LogP contribution in [-0.4, -0.2) is 4.98 Å². The molecule has 1 aromatic carbocycles. The van der Waals surface area contributed by atoms with E-state index in [1.165, 1.54) is 10.9 Å². The molecule has 2 rings (SSSR count). The number of benzene rings is 1. The summed E-state index contributed by atoms with van der Waals surface area (Å²) in [6.45, 7) is 8.02. The fourth-order valence-electron chi connectivity index (χ4n) is 2.05. The molecule has 0 saturated carbocycles. The van der Waals surface area contributed by atoms with Gasteiger partial charge in [0.1, 0.15) is 5.82 Å². The average molecular weight is 343 g/mol. The van der Waals surface area contributed by atoms with Gasteiger partial charge in [0.25, 0.3) is 0 Å². The summed E-state index contributed by atoms with van der Waals surface area (Å²) in [6.07, 6.45) is 0. The highest BCUT2D eigenvalue weighted by Crippen LogP contribution is 2.30. The number of nitrogens with one attached hydrogen (secondary N) is 1. The average Bonchev–Trinajstić information content (AvgIpc) is 2.65. The zero-order valence-corrected chi connectivity index (χ0v) is 13.7. The Morgan fingerprint density at radius 1 is 1.32 bits per heavy atom. The van der Waals surface area contributed by atoms with Gasteiger partial charge in [-0.3, -0.25) is 0 Å². The number of hydrogen-bond acceptors (Lipinski definition) is 3. The van der Waals surface area contributed by atoms with Crippen LogP contribution in [0.3, 0.4) is 0 Å². The summed E-state index contributed by atoms with van der Waals surface area (Å²) in [4.78, 5) is 5.66. The van der Waals surface area contributed by atoms with Crippen LogP contribution in [0.2, 0.25) is 0 Å². The van der Waals surface area contributed by atoms with Gasteiger partial charge in [0.2, 0.25) is 0 Å². The Labute approximate surface area is 125 Å². The van der Waals surface area contributed by atoms with Crippen molar-refractivity contribution < 1.29 is 4.39 Å². The number of anilines is 1. The van der Waals surface area contributed by atoms with E-state index in [2.05, 4.69) is 33.2 Å². The van der Waals surface area contributed by atoms with Gasteiger partial charge in [0, 0.05) is 10.6 Å². The fraction of sp³-hybridized carbons (Fsp3) is 0.357. The van der Waals surface area contributed by atoms with Gasteiger partial charge >= 0.3 is 0 Å². The highest BCUT2D eigenvalue weighted by molar-refractivity contribution is 9.10. The second kappa shape index (κ2) is 5.59. The number of aromatic nitrogens is 1. The van der Waals surface area contributed by atoms with E-state index in [-0.39, 0.29) is 11.9 Å². The lowest BCUT2D eigenvalue weighted by atomic mass is 10.1. The molecule has 1 N–H and O–H groups in total. The van der Waals surface area contributed by atoms with Crippen LogP contribution in [0.25, 0.3) is 0 Å². The molecule has 0 aliphatic carbocycles. The van der Waals surface area contributed by atoms with Gasteiger partial charge in [-0.05, 0) is 61.3 Å². The standard InChI is InChI=1S/C14H16BrFN2S/c1-7-5-12(16)11(15)6-13(7)18-9(3)14-8(2)17-10(4)19-14/h5-6,9,18H,1-4H3. The van der Waals surface area contributed by atoms with E-state index in [0.717, 1.165) is 22.0 Å². The van der Waals surface area contributed by atoms with Crippen LogP contribution in [0.5, 0.6) is 0 Å². The number of aryl methyl sites for hydroxylation is 3. The maximum absolute atomic E-state index is 13.4. The summed E-state index contributed by atoms with van der Waals surface area (Å²) < 4.78 is 13.9. The summed E-state index contributed by atoms with van der Waals surface area (Å²) in [5.41, 5.74) is 2.89. The van der Waals surface area contributed by atoms with Gasteiger partial charge < -0.3 is 5.32 Å². The highest BCUT2D eigenvalue weighted by Gasteiger charge is 2.14. The maximum atomic E-state index is 13.4. The van der Waals surface area contributed by atoms with Gasteiger partial charge in [-0.15, -0.1) is 11.3 Å². The second-order valence-electron chi connectivity index (χ2n) is 4.63. The van der Waals surface area contributed by atoms with Gasteiger partial charge in [0.15, 0.2) is 0 Å². The van der Waals surface area contributed by atoms with Crippen molar-refractivity contribution in [2.45, 2.75) is 33.7 Å². The topological polar surface area (TPSA) is 24.9 Å². The van der Waals surface area contributed by atoms with E-state index in [1.807, 2.05) is 20.8 Å². The SMILES string of the molecule is Cc1nc(C)c(C(C)Nc2cc(Br)c(F)cc2C)s1. The molecule has 0 radical (unpaired) electrons. The summed E-state index contributed by atoms with van der Waals surface area (Å²) in [5, 5.41) is 4.49. The molecule has 0 fully saturated rings. The number of hydrogen-bond donors (Lipinski definition) is 1. The van der Waals surface area contributed by atoms with Gasteiger partial charge in [0.05, 0.1) is 21.2 Å². The molecule has 1 aromatic heterocycles. The van der Waals surface area contributed by atoms with Crippen LogP contribution >= 0.6 is 27.3 Å². The molecular weight excluding hydrogens is 327 g/mol. The zero-order chi connectivity index (χ0) is 14.2. The largest absolute Gasteiger partial charge is 0.377 e. The molecule has 1 unspecified atom stereocenters. The van der Waals surface area contributed by atoms with E-state index < -0.39 is 0 Å². The summed E-state index contributed by atoms with van der Waals surface area (Å²) >= 11 is 4.92. The molecule has 0 aliphatic rings. The molecular formula is C14H16BrFN2S. The quantitative estimate of drug-likeness (QED) is 0.834. The molecule has 0 spiro atoms. The van der Waals surface area contributed by atoms with Crippen LogP contribution in [0.1, 0.15) is 34.1 Å². The minimum Gasteiger partial charge on any atom is -0.377 e. The van der Waals surface area contributed by atoms with Crippen LogP contribution in [0.4, 0.5) is 10.1 Å². The number of nitrogens with zero attached hydrogens (tertiary/aromatic N) is 1. The molecule has 19 heavy (non-hydrogen) atoms. The summed E-state index contributed by atoms with van der Waals surface area (Å²) in [7, 11) is 0. The third-order valence-corrected chi connectivity index (χ3v) is 4.84. The molecule has 5 heteroatoms. The first-order valence-electron chi connectivity index (χ1n) is 6.04. The minimum absolute atomic E-state index is 0.155. The van der Waals surface area contributed by atoms with Crippen molar-refractivity contribution >= 4 is 33.0 Å². The van der Waals surface area contributed by atoms with Crippen molar-refractivity contribution in [3.05, 3.63) is 43.6 Å². The lowest BCUT2D eigenvalue weighted by Gasteiger charge is -2.17. The Morgan fingerprint density at radius 3 is 2.58 bits per heavy atom. The Bertz CT molecular complexity index is 610. The van der Waals surface area contributed by atoms with Gasteiger partial charge in [-0.25, -0.2) is 9.37 Å². The van der Waals surface area contributed by atoms with Crippen molar-refractivity contribution in [1.82, 2.24) is 4.98 Å². The Kier molecular flexibility index (Phi) is 4.26. The van der Waals surface area contributed by atoms with Crippen molar-refractivity contribution in [3.8, 4) is 0 Å². The van der Waals surface area contributed by atoms with Crippen molar-refractivity contribution in [3.63, 3.8) is 0 Å². The summed E-state index contributed by atoms with van der Waals surface area (Å²) in [5.74, 6) is -0.236. The number of thiazole rings is 1. The van der Waals surface area contributed by atoms with Crippen molar-refractivity contribution in [1.29, 1.82) is 0 Å². The molecule has 0 bridgehead atoms. The molecule has 2 aromatic rings. The first-order valence-corrected chi connectivity index (χ1v) is 7.65. The first kappa shape index (κ1) is 14.5. The molecule has 0 saturated heterocycles. The molecule has 1 heterocycles. The second-order valence-corrected chi connectivity index (χ2v) is 6.72. The van der Waals surface area contributed by atoms with E-state index in [9.17, 15) is 4.39 Å². The highest BCUT2D eigenvalue weighted by atomic mass is 79.9. The van der Waals surface area contributed by atoms with Gasteiger partial charge in [-0.1, -0.05) is 0 Å². The van der Waals surface area contributed by atoms with Crippen molar-refractivity contribution in [2.24, 2.45) is 0 Å². The first-order chi connectivity index (χ1) is 8.88. The third-order valence-electron chi connectivity index (χ3n) is 2.97. The summed E-state index contributed by atoms with van der Waals surface area (Å²) in [6, 6.07) is 3.47. The molecule has 1 atom stereocenters. The van der Waals surface area contributed by atoms with E-state index in [1.54, 1.807) is 17.4 Å². The Balaban J connectivity index is 2.26. The Hall–Kier alpha value is -0.940. The van der Waals surface area contributed by atoms with Crippen LogP contribution in [-0.2, 0) is 0 Å². The van der Waals surface area contributed by atoms with Crippen LogP contribution in [0.15, 0.2) is 16.6 Å². The Morgan fingerprint density at radius 2 is 2.00 bits per heavy atom. The van der Waals surface area contributed by atoms with Gasteiger partial charge in [-0.2, -0.15) is 0 Å². The predicted octanol–water partition coefficient (Wildman–Crippen LogP) is 5.14. The smallest absolute Gasteiger partial charge is 0.137 e. The van der Waals surface area contributed by atoms with E-state index >= 15 is 0 Å².